The summed E-state index contributed by atoms with van der Waals surface area (Å²) in [4.78, 5) is 38.4. The predicted molar refractivity (Wildman–Crippen MR) is 119 cm³/mol. The molecule has 1 aromatic rings. The lowest BCUT2D eigenvalue weighted by molar-refractivity contribution is 0.0505. The highest BCUT2D eigenvalue weighted by Crippen LogP contribution is 2.18. The maximum absolute atomic E-state index is 12.5. The van der Waals surface area contributed by atoms with Crippen LogP contribution in [0.4, 0.5) is 15.3 Å². The second kappa shape index (κ2) is 11.6. The molecular weight excluding hydrogens is 396 g/mol. The number of benzene rings is 1. The van der Waals surface area contributed by atoms with Crippen LogP contribution in [0.2, 0.25) is 0 Å². The number of nitrogens with one attached hydrogen (secondary N) is 3. The van der Waals surface area contributed by atoms with Crippen LogP contribution >= 0.6 is 0 Å². The molecule has 1 aromatic carbocycles. The van der Waals surface area contributed by atoms with Crippen molar-refractivity contribution in [3.8, 4) is 0 Å². The molecule has 1 saturated heterocycles. The van der Waals surface area contributed by atoms with Crippen molar-refractivity contribution in [2.75, 3.05) is 25.0 Å². The fourth-order valence-corrected chi connectivity index (χ4v) is 4.06. The summed E-state index contributed by atoms with van der Waals surface area (Å²) in [5, 5.41) is 9.00. The molecular formula is C23H34N4O4. The van der Waals surface area contributed by atoms with E-state index in [1.54, 1.807) is 29.2 Å². The number of carbonyl (C=O) groups is 3. The van der Waals surface area contributed by atoms with E-state index in [2.05, 4.69) is 16.0 Å². The van der Waals surface area contributed by atoms with Crippen LogP contribution < -0.4 is 16.0 Å². The number of ether oxygens (including phenoxy) is 1. The predicted octanol–water partition coefficient (Wildman–Crippen LogP) is 3.88. The number of anilines is 1. The number of piperidine rings is 1. The molecule has 4 amide bonds. The molecule has 1 aliphatic carbocycles. The molecule has 8 nitrogen and oxygen atoms in total. The largest absolute Gasteiger partial charge is 0.462 e. The molecule has 31 heavy (non-hydrogen) atoms. The van der Waals surface area contributed by atoms with E-state index in [-0.39, 0.29) is 24.1 Å². The summed E-state index contributed by atoms with van der Waals surface area (Å²) in [6.45, 7) is 3.50. The molecule has 0 bridgehead atoms. The number of urea groups is 2. The van der Waals surface area contributed by atoms with Crippen molar-refractivity contribution in [3.05, 3.63) is 29.8 Å². The van der Waals surface area contributed by atoms with E-state index in [0.29, 0.717) is 37.0 Å². The maximum atomic E-state index is 12.5. The van der Waals surface area contributed by atoms with Gasteiger partial charge in [0.2, 0.25) is 0 Å². The monoisotopic (exact) mass is 430 g/mol. The number of esters is 1. The van der Waals surface area contributed by atoms with Crippen molar-refractivity contribution < 1.29 is 19.1 Å². The second-order valence-electron chi connectivity index (χ2n) is 8.36. The van der Waals surface area contributed by atoms with Gasteiger partial charge in [-0.3, -0.25) is 0 Å². The van der Waals surface area contributed by atoms with Crippen LogP contribution in [0.1, 0.15) is 68.6 Å². The maximum Gasteiger partial charge on any atom is 0.338 e. The Bertz CT molecular complexity index is 738. The van der Waals surface area contributed by atoms with Gasteiger partial charge in [0.15, 0.2) is 0 Å². The Kier molecular flexibility index (Phi) is 8.55. The third-order valence-corrected chi connectivity index (χ3v) is 5.87. The number of amides is 4. The van der Waals surface area contributed by atoms with Crippen LogP contribution in [-0.4, -0.2) is 54.7 Å². The summed E-state index contributed by atoms with van der Waals surface area (Å²) in [6.07, 6.45) is 7.99. The first kappa shape index (κ1) is 22.9. The summed E-state index contributed by atoms with van der Waals surface area (Å²) < 4.78 is 5.10. The molecule has 170 valence electrons. The number of nitrogens with zero attached hydrogens (tertiary/aromatic N) is 1. The normalized spacial score (nSPS) is 17.6. The Hall–Kier alpha value is -2.77. The van der Waals surface area contributed by atoms with Gasteiger partial charge in [0, 0.05) is 30.9 Å². The Morgan fingerprint density at radius 3 is 2.16 bits per heavy atom. The van der Waals surface area contributed by atoms with E-state index in [4.69, 9.17) is 4.74 Å². The third-order valence-electron chi connectivity index (χ3n) is 5.87. The smallest absolute Gasteiger partial charge is 0.338 e. The van der Waals surface area contributed by atoms with Gasteiger partial charge in [-0.05, 0) is 56.4 Å². The van der Waals surface area contributed by atoms with Gasteiger partial charge in [-0.2, -0.15) is 0 Å². The first-order valence-electron chi connectivity index (χ1n) is 11.5. The molecule has 0 radical (unpaired) electrons. The van der Waals surface area contributed by atoms with Crippen LogP contribution in [0.25, 0.3) is 0 Å². The van der Waals surface area contributed by atoms with Gasteiger partial charge in [-0.25, -0.2) is 14.4 Å². The van der Waals surface area contributed by atoms with Crippen molar-refractivity contribution in [1.82, 2.24) is 15.5 Å². The number of hydrogen-bond acceptors (Lipinski definition) is 4. The molecule has 0 aromatic heterocycles. The number of rotatable bonds is 6. The molecule has 3 rings (SSSR count). The van der Waals surface area contributed by atoms with E-state index >= 15 is 0 Å². The Labute approximate surface area is 184 Å². The lowest BCUT2D eigenvalue weighted by Crippen LogP contribution is -2.51. The zero-order valence-corrected chi connectivity index (χ0v) is 18.3. The van der Waals surface area contributed by atoms with Gasteiger partial charge in [0.25, 0.3) is 0 Å². The van der Waals surface area contributed by atoms with Gasteiger partial charge in [0.05, 0.1) is 12.2 Å². The van der Waals surface area contributed by atoms with E-state index in [0.717, 1.165) is 32.1 Å². The minimum absolute atomic E-state index is 0.0843. The van der Waals surface area contributed by atoms with E-state index < -0.39 is 0 Å². The highest BCUT2D eigenvalue weighted by atomic mass is 16.5. The zero-order chi connectivity index (χ0) is 22.1. The first-order valence-corrected chi connectivity index (χ1v) is 11.5. The summed E-state index contributed by atoms with van der Waals surface area (Å²) in [7, 11) is 0. The Morgan fingerprint density at radius 2 is 1.55 bits per heavy atom. The first-order chi connectivity index (χ1) is 15.0. The molecule has 0 unspecified atom stereocenters. The van der Waals surface area contributed by atoms with Gasteiger partial charge in [0.1, 0.15) is 0 Å². The van der Waals surface area contributed by atoms with Gasteiger partial charge < -0.3 is 25.6 Å². The Balaban J connectivity index is 1.38. The summed E-state index contributed by atoms with van der Waals surface area (Å²) in [5.74, 6) is -0.359. The topological polar surface area (TPSA) is 99.8 Å². The van der Waals surface area contributed by atoms with E-state index in [1.165, 1.54) is 19.3 Å². The van der Waals surface area contributed by atoms with Gasteiger partial charge in [-0.15, -0.1) is 0 Å². The summed E-state index contributed by atoms with van der Waals surface area (Å²) in [5.41, 5.74) is 1.09. The standard InChI is InChI=1S/C23H34N4O4/c1-2-16-31-21(28)17-8-10-19(11-9-17)26-23(30)27-14-12-20(13-15-27)25-22(29)24-18-6-4-3-5-7-18/h8-11,18,20H,2-7,12-16H2,1H3,(H,26,30)(H2,24,25,29). The average molecular weight is 431 g/mol. The molecule has 3 N–H and O–H groups in total. The van der Waals surface area contributed by atoms with E-state index in [1.807, 2.05) is 6.92 Å². The van der Waals surface area contributed by atoms with E-state index in [9.17, 15) is 14.4 Å². The summed E-state index contributed by atoms with van der Waals surface area (Å²) in [6, 6.07) is 6.80. The second-order valence-corrected chi connectivity index (χ2v) is 8.36. The molecule has 1 saturated carbocycles. The lowest BCUT2D eigenvalue weighted by Gasteiger charge is -2.33. The minimum atomic E-state index is -0.359. The van der Waals surface area contributed by atoms with Gasteiger partial charge >= 0.3 is 18.0 Å². The van der Waals surface area contributed by atoms with Crippen LogP contribution in [-0.2, 0) is 4.74 Å². The van der Waals surface area contributed by atoms with Crippen molar-refractivity contribution >= 4 is 23.7 Å². The molecule has 1 heterocycles. The van der Waals surface area contributed by atoms with Crippen LogP contribution in [0.5, 0.6) is 0 Å². The highest BCUT2D eigenvalue weighted by molar-refractivity contribution is 5.92. The fourth-order valence-electron chi connectivity index (χ4n) is 4.06. The lowest BCUT2D eigenvalue weighted by atomic mass is 9.96. The van der Waals surface area contributed by atoms with Crippen molar-refractivity contribution in [1.29, 1.82) is 0 Å². The van der Waals surface area contributed by atoms with Gasteiger partial charge in [-0.1, -0.05) is 26.2 Å². The van der Waals surface area contributed by atoms with Crippen LogP contribution in [0, 0.1) is 0 Å². The summed E-state index contributed by atoms with van der Waals surface area (Å²) >= 11 is 0. The number of likely N-dealkylation sites (tertiary alicyclic amines) is 1. The number of carbonyl (C=O) groups excluding carboxylic acids is 3. The molecule has 8 heteroatoms. The minimum Gasteiger partial charge on any atom is -0.462 e. The average Bonchev–Trinajstić information content (AvgIpc) is 2.79. The fraction of sp³-hybridized carbons (Fsp3) is 0.609. The molecule has 2 fully saturated rings. The van der Waals surface area contributed by atoms with Crippen molar-refractivity contribution in [2.24, 2.45) is 0 Å². The molecule has 0 spiro atoms. The highest BCUT2D eigenvalue weighted by Gasteiger charge is 2.25. The zero-order valence-electron chi connectivity index (χ0n) is 18.3. The quantitative estimate of drug-likeness (QED) is 0.596. The number of hydrogen-bond donors (Lipinski definition) is 3. The van der Waals surface area contributed by atoms with Crippen LogP contribution in [0.15, 0.2) is 24.3 Å². The molecule has 2 aliphatic rings. The van der Waals surface area contributed by atoms with Crippen molar-refractivity contribution in [3.63, 3.8) is 0 Å². The SMILES string of the molecule is CCCOC(=O)c1ccc(NC(=O)N2CCC(NC(=O)NC3CCCCC3)CC2)cc1. The molecule has 1 aliphatic heterocycles. The Morgan fingerprint density at radius 1 is 0.935 bits per heavy atom. The van der Waals surface area contributed by atoms with Crippen molar-refractivity contribution in [2.45, 2.75) is 70.4 Å². The third kappa shape index (κ3) is 7.15. The molecule has 0 atom stereocenters. The van der Waals surface area contributed by atoms with Crippen LogP contribution in [0.3, 0.4) is 0 Å².